The smallest absolute Gasteiger partial charge is 0.313 e. The number of hydrogen-bond acceptors (Lipinski definition) is 4. The van der Waals surface area contributed by atoms with Crippen LogP contribution in [-0.4, -0.2) is 50.1 Å². The van der Waals surface area contributed by atoms with Crippen LogP contribution >= 0.6 is 11.6 Å². The maximum absolute atomic E-state index is 11.9. The second kappa shape index (κ2) is 6.94. The first kappa shape index (κ1) is 18.2. The number of aryl methyl sites for hydroxylation is 1. The molecular weight excluding hydrogens is 342 g/mol. The second-order valence-electron chi connectivity index (χ2n) is 6.93. The highest BCUT2D eigenvalue weighted by atomic mass is 35.5. The predicted octanol–water partition coefficient (Wildman–Crippen LogP) is 2.66. The largest absolute Gasteiger partial charge is 0.481 e. The van der Waals surface area contributed by atoms with Crippen molar-refractivity contribution in [2.45, 2.75) is 38.8 Å². The van der Waals surface area contributed by atoms with E-state index in [-0.39, 0.29) is 0 Å². The predicted molar refractivity (Wildman–Crippen MR) is 96.6 cm³/mol. The molecule has 1 fully saturated rings. The van der Waals surface area contributed by atoms with Crippen LogP contribution in [0.25, 0.3) is 10.9 Å². The van der Waals surface area contributed by atoms with Gasteiger partial charge in [-0.2, -0.15) is 5.10 Å². The van der Waals surface area contributed by atoms with Crippen LogP contribution in [-0.2, 0) is 18.4 Å². The summed E-state index contributed by atoms with van der Waals surface area (Å²) in [7, 11) is 1.88. The Morgan fingerprint density at radius 1 is 1.48 bits per heavy atom. The topological polar surface area (TPSA) is 78.6 Å². The van der Waals surface area contributed by atoms with E-state index < -0.39 is 17.5 Å². The number of fused-ring (bicyclic) bond motifs is 1. The number of carboxylic acids is 1. The van der Waals surface area contributed by atoms with E-state index in [9.17, 15) is 15.0 Å². The minimum atomic E-state index is -1.11. The van der Waals surface area contributed by atoms with Crippen LogP contribution in [0.2, 0.25) is 5.02 Å². The van der Waals surface area contributed by atoms with Crippen molar-refractivity contribution in [3.05, 3.63) is 28.9 Å². The van der Waals surface area contributed by atoms with Gasteiger partial charge >= 0.3 is 5.97 Å². The van der Waals surface area contributed by atoms with Crippen LogP contribution in [0.5, 0.6) is 0 Å². The summed E-state index contributed by atoms with van der Waals surface area (Å²) in [4.78, 5) is 14.0. The fraction of sp³-hybridized carbons (Fsp3) is 0.556. The quantitative estimate of drug-likeness (QED) is 0.851. The maximum Gasteiger partial charge on any atom is 0.313 e. The van der Waals surface area contributed by atoms with E-state index in [1.54, 1.807) is 4.68 Å². The molecule has 6 nitrogen and oxygen atoms in total. The molecule has 25 heavy (non-hydrogen) atoms. The highest BCUT2D eigenvalue weighted by molar-refractivity contribution is 6.35. The molecule has 0 saturated carbocycles. The highest BCUT2D eigenvalue weighted by Gasteiger charge is 2.48. The molecule has 2 N–H and O–H groups in total. The summed E-state index contributed by atoms with van der Waals surface area (Å²) < 4.78 is 1.80. The minimum Gasteiger partial charge on any atom is -0.481 e. The molecule has 0 spiro atoms. The third-order valence-electron chi connectivity index (χ3n) is 5.26. The number of halogens is 1. The summed E-state index contributed by atoms with van der Waals surface area (Å²) in [6, 6.07) is 5.70. The molecule has 1 aliphatic heterocycles. The molecule has 7 heteroatoms. The van der Waals surface area contributed by atoms with Crippen LogP contribution in [0.3, 0.4) is 0 Å². The van der Waals surface area contributed by atoms with Crippen molar-refractivity contribution in [3.8, 4) is 0 Å². The lowest BCUT2D eigenvalue weighted by atomic mass is 9.74. The number of aromatic nitrogens is 2. The molecule has 0 unspecified atom stereocenters. The van der Waals surface area contributed by atoms with Crippen LogP contribution in [0.15, 0.2) is 18.2 Å². The molecule has 1 aromatic heterocycles. The SMILES string of the molecule is CCC[C@@]1(C(=O)O)CN(Cc2nn(C)c3cccc(Cl)c23)CC[C@H]1O. The zero-order chi connectivity index (χ0) is 18.2. The fourth-order valence-corrected chi connectivity index (χ4v) is 4.26. The summed E-state index contributed by atoms with van der Waals surface area (Å²) in [5, 5.41) is 26.3. The van der Waals surface area contributed by atoms with Crippen molar-refractivity contribution >= 4 is 28.5 Å². The number of aliphatic carboxylic acids is 1. The van der Waals surface area contributed by atoms with Gasteiger partial charge < -0.3 is 10.2 Å². The van der Waals surface area contributed by atoms with Crippen LogP contribution in [0.4, 0.5) is 0 Å². The standard InChI is InChI=1S/C18H24ClN3O3/c1-3-8-18(17(24)25)11-22(9-7-15(18)23)10-13-16-12(19)5-4-6-14(16)21(2)20-13/h4-6,15,23H,3,7-11H2,1-2H3,(H,24,25)/t15-,18-/m1/s1. The van der Waals surface area contributed by atoms with Gasteiger partial charge in [0.05, 0.1) is 22.3 Å². The molecule has 1 saturated heterocycles. The average molecular weight is 366 g/mol. The van der Waals surface area contributed by atoms with E-state index >= 15 is 0 Å². The number of nitrogens with zero attached hydrogens (tertiary/aromatic N) is 3. The van der Waals surface area contributed by atoms with Crippen LogP contribution in [0, 0.1) is 5.41 Å². The van der Waals surface area contributed by atoms with Crippen LogP contribution < -0.4 is 0 Å². The van der Waals surface area contributed by atoms with Gasteiger partial charge in [0, 0.05) is 32.1 Å². The Labute approximate surface area is 152 Å². The Morgan fingerprint density at radius 3 is 2.92 bits per heavy atom. The zero-order valence-electron chi connectivity index (χ0n) is 14.6. The first-order valence-electron chi connectivity index (χ1n) is 8.63. The number of carbonyl (C=O) groups is 1. The summed E-state index contributed by atoms with van der Waals surface area (Å²) in [6.07, 6.45) is 0.814. The van der Waals surface area contributed by atoms with Gasteiger partial charge in [-0.1, -0.05) is 31.0 Å². The second-order valence-corrected chi connectivity index (χ2v) is 7.34. The Morgan fingerprint density at radius 2 is 2.24 bits per heavy atom. The Balaban J connectivity index is 1.90. The number of carboxylic acid groups (broad SMARTS) is 1. The first-order chi connectivity index (χ1) is 11.9. The molecule has 1 aliphatic rings. The number of likely N-dealkylation sites (tertiary alicyclic amines) is 1. The van der Waals surface area contributed by atoms with Gasteiger partial charge in [0.2, 0.25) is 0 Å². The van der Waals surface area contributed by atoms with Gasteiger partial charge in [-0.25, -0.2) is 0 Å². The number of piperidine rings is 1. The fourth-order valence-electron chi connectivity index (χ4n) is 3.98. The van der Waals surface area contributed by atoms with Gasteiger partial charge in [-0.3, -0.25) is 14.4 Å². The first-order valence-corrected chi connectivity index (χ1v) is 9.00. The van der Waals surface area contributed by atoms with E-state index in [1.165, 1.54) is 0 Å². The lowest BCUT2D eigenvalue weighted by Crippen LogP contribution is -2.55. The third-order valence-corrected chi connectivity index (χ3v) is 5.57. The molecule has 2 heterocycles. The minimum absolute atomic E-state index is 0.319. The number of rotatable bonds is 5. The zero-order valence-corrected chi connectivity index (χ0v) is 15.3. The van der Waals surface area contributed by atoms with Crippen molar-refractivity contribution in [1.29, 1.82) is 0 Å². The summed E-state index contributed by atoms with van der Waals surface area (Å²) in [6.45, 7) is 3.43. The molecule has 0 amide bonds. The van der Waals surface area contributed by atoms with Crippen molar-refractivity contribution in [1.82, 2.24) is 14.7 Å². The molecule has 2 aromatic rings. The lowest BCUT2D eigenvalue weighted by Gasteiger charge is -2.43. The molecule has 2 atom stereocenters. The van der Waals surface area contributed by atoms with Crippen LogP contribution in [0.1, 0.15) is 31.9 Å². The Hall–Kier alpha value is -1.63. The van der Waals surface area contributed by atoms with E-state index in [4.69, 9.17) is 11.6 Å². The molecule has 1 aromatic carbocycles. The van der Waals surface area contributed by atoms with E-state index in [1.807, 2.05) is 32.2 Å². The van der Waals surface area contributed by atoms with Crippen molar-refractivity contribution in [3.63, 3.8) is 0 Å². The van der Waals surface area contributed by atoms with Gasteiger partial charge in [0.15, 0.2) is 0 Å². The van der Waals surface area contributed by atoms with Crippen molar-refractivity contribution < 1.29 is 15.0 Å². The summed E-state index contributed by atoms with van der Waals surface area (Å²) in [5.74, 6) is -0.921. The monoisotopic (exact) mass is 365 g/mol. The lowest BCUT2D eigenvalue weighted by molar-refractivity contribution is -0.164. The highest BCUT2D eigenvalue weighted by Crippen LogP contribution is 2.37. The van der Waals surface area contributed by atoms with E-state index in [2.05, 4.69) is 10.00 Å². The summed E-state index contributed by atoms with van der Waals surface area (Å²) >= 11 is 6.37. The third kappa shape index (κ3) is 3.14. The Kier molecular flexibility index (Phi) is 5.04. The molecule has 0 bridgehead atoms. The normalized spacial score (nSPS) is 24.7. The Bertz CT molecular complexity index is 791. The number of aliphatic hydroxyl groups excluding tert-OH is 1. The van der Waals surface area contributed by atoms with Crippen molar-refractivity contribution in [2.75, 3.05) is 13.1 Å². The van der Waals surface area contributed by atoms with Gasteiger partial charge in [-0.15, -0.1) is 0 Å². The molecule has 0 radical (unpaired) electrons. The van der Waals surface area contributed by atoms with Crippen molar-refractivity contribution in [2.24, 2.45) is 12.5 Å². The number of benzene rings is 1. The van der Waals surface area contributed by atoms with Gasteiger partial charge in [-0.05, 0) is 25.0 Å². The summed E-state index contributed by atoms with van der Waals surface area (Å²) in [5.41, 5.74) is 0.689. The number of hydrogen-bond donors (Lipinski definition) is 2. The average Bonchev–Trinajstić information content (AvgIpc) is 2.88. The maximum atomic E-state index is 11.9. The van der Waals surface area contributed by atoms with E-state index in [0.29, 0.717) is 37.5 Å². The van der Waals surface area contributed by atoms with Gasteiger partial charge in [0.25, 0.3) is 0 Å². The van der Waals surface area contributed by atoms with E-state index in [0.717, 1.165) is 23.0 Å². The molecule has 136 valence electrons. The molecule has 3 rings (SSSR count). The molecular formula is C18H24ClN3O3. The number of aliphatic hydroxyl groups is 1. The van der Waals surface area contributed by atoms with Gasteiger partial charge in [0.1, 0.15) is 5.41 Å². The molecule has 0 aliphatic carbocycles.